The zero-order valence-electron chi connectivity index (χ0n) is 12.8. The lowest BCUT2D eigenvalue weighted by molar-refractivity contribution is -0.119. The van der Waals surface area contributed by atoms with Crippen molar-refractivity contribution in [1.82, 2.24) is 15.2 Å². The van der Waals surface area contributed by atoms with E-state index in [9.17, 15) is 4.79 Å². The molecule has 0 bridgehead atoms. The number of thiazole rings is 1. The van der Waals surface area contributed by atoms with Gasteiger partial charge in [-0.05, 0) is 19.2 Å². The highest BCUT2D eigenvalue weighted by Crippen LogP contribution is 2.32. The van der Waals surface area contributed by atoms with Crippen LogP contribution in [0.2, 0.25) is 0 Å². The molecular weight excluding hydrogens is 316 g/mol. The lowest BCUT2D eigenvalue weighted by Crippen LogP contribution is -2.44. The molecule has 0 saturated carbocycles. The molecule has 0 aliphatic carbocycles. The van der Waals surface area contributed by atoms with E-state index >= 15 is 0 Å². The van der Waals surface area contributed by atoms with Crippen molar-refractivity contribution in [2.24, 2.45) is 0 Å². The van der Waals surface area contributed by atoms with Crippen LogP contribution in [-0.2, 0) is 11.3 Å². The van der Waals surface area contributed by atoms with Crippen LogP contribution in [-0.4, -0.2) is 49.0 Å². The smallest absolute Gasteiger partial charge is 0.217 e. The van der Waals surface area contributed by atoms with Crippen molar-refractivity contribution in [1.29, 1.82) is 0 Å². The van der Waals surface area contributed by atoms with Gasteiger partial charge in [0, 0.05) is 43.4 Å². The number of hydrogen-bond donors (Lipinski definition) is 1. The number of likely N-dealkylation sites (N-methyl/N-ethyl adjacent to an activating group) is 1. The van der Waals surface area contributed by atoms with Crippen LogP contribution < -0.4 is 10.2 Å². The van der Waals surface area contributed by atoms with Crippen LogP contribution in [0.15, 0.2) is 17.5 Å². The predicted molar refractivity (Wildman–Crippen MR) is 92.7 cm³/mol. The maximum absolute atomic E-state index is 11.0. The summed E-state index contributed by atoms with van der Waals surface area (Å²) in [5.74, 6) is 0.000890. The number of carbonyl (C=O) groups excluding carboxylic acids is 1. The second-order valence-corrected chi connectivity index (χ2v) is 7.49. The quantitative estimate of drug-likeness (QED) is 0.930. The molecule has 2 aromatic heterocycles. The van der Waals surface area contributed by atoms with Gasteiger partial charge in [0.1, 0.15) is 0 Å². The highest BCUT2D eigenvalue weighted by molar-refractivity contribution is 7.17. The molecular formula is C15H20N4OS2. The highest BCUT2D eigenvalue weighted by atomic mass is 32.1. The zero-order valence-corrected chi connectivity index (χ0v) is 14.5. The van der Waals surface area contributed by atoms with Crippen LogP contribution in [0.4, 0.5) is 5.13 Å². The van der Waals surface area contributed by atoms with Crippen LogP contribution in [0.3, 0.4) is 0 Å². The predicted octanol–water partition coefficient (Wildman–Crippen LogP) is 2.26. The molecule has 0 spiro atoms. The Morgan fingerprint density at radius 2 is 2.09 bits per heavy atom. The summed E-state index contributed by atoms with van der Waals surface area (Å²) in [4.78, 5) is 22.8. The molecule has 1 saturated heterocycles. The number of nitrogens with zero attached hydrogens (tertiary/aromatic N) is 3. The fourth-order valence-corrected chi connectivity index (χ4v) is 4.20. The molecule has 1 fully saturated rings. The lowest BCUT2D eigenvalue weighted by atomic mass is 10.3. The van der Waals surface area contributed by atoms with Gasteiger partial charge in [0.15, 0.2) is 5.13 Å². The van der Waals surface area contributed by atoms with E-state index in [-0.39, 0.29) is 5.91 Å². The molecule has 5 nitrogen and oxygen atoms in total. The molecule has 22 heavy (non-hydrogen) atoms. The Kier molecular flexibility index (Phi) is 4.75. The van der Waals surface area contributed by atoms with Crippen molar-refractivity contribution < 1.29 is 4.79 Å². The van der Waals surface area contributed by atoms with E-state index in [2.05, 4.69) is 39.7 Å². The molecule has 1 N–H and O–H groups in total. The van der Waals surface area contributed by atoms with Gasteiger partial charge in [-0.2, -0.15) is 0 Å². The summed E-state index contributed by atoms with van der Waals surface area (Å²) in [6.45, 7) is 6.40. The standard InChI is InChI=1S/C15H20N4OS2/c1-11(20)16-9-12-3-4-14(22-12)13-10-21-15(17-13)19-7-5-18(2)6-8-19/h3-4,10H,5-9H2,1-2H3,(H,16,20). The summed E-state index contributed by atoms with van der Waals surface area (Å²) in [7, 11) is 2.16. The van der Waals surface area contributed by atoms with E-state index in [1.54, 1.807) is 22.7 Å². The topological polar surface area (TPSA) is 48.5 Å². The van der Waals surface area contributed by atoms with Crippen molar-refractivity contribution in [2.45, 2.75) is 13.5 Å². The fourth-order valence-electron chi connectivity index (χ4n) is 2.34. The third kappa shape index (κ3) is 3.66. The average molecular weight is 336 g/mol. The highest BCUT2D eigenvalue weighted by Gasteiger charge is 2.17. The Labute approximate surface area is 138 Å². The number of anilines is 1. The molecule has 1 amide bonds. The number of aromatic nitrogens is 1. The first-order valence-electron chi connectivity index (χ1n) is 7.34. The van der Waals surface area contributed by atoms with Gasteiger partial charge in [0.05, 0.1) is 17.1 Å². The van der Waals surface area contributed by atoms with Crippen molar-refractivity contribution in [3.05, 3.63) is 22.4 Å². The first kappa shape index (κ1) is 15.5. The van der Waals surface area contributed by atoms with Crippen LogP contribution >= 0.6 is 22.7 Å². The molecule has 0 atom stereocenters. The van der Waals surface area contributed by atoms with E-state index in [0.717, 1.165) is 46.8 Å². The van der Waals surface area contributed by atoms with Gasteiger partial charge in [0.25, 0.3) is 0 Å². The second kappa shape index (κ2) is 6.76. The van der Waals surface area contributed by atoms with E-state index in [4.69, 9.17) is 4.98 Å². The third-order valence-corrected chi connectivity index (χ3v) is 5.70. The molecule has 0 aromatic carbocycles. The molecule has 7 heteroatoms. The largest absolute Gasteiger partial charge is 0.351 e. The molecule has 0 radical (unpaired) electrons. The molecule has 1 aliphatic rings. The third-order valence-electron chi connectivity index (χ3n) is 3.69. The molecule has 3 heterocycles. The summed E-state index contributed by atoms with van der Waals surface area (Å²) in [5, 5.41) is 6.07. The number of hydrogen-bond acceptors (Lipinski definition) is 6. The van der Waals surface area contributed by atoms with Crippen LogP contribution in [0, 0.1) is 0 Å². The molecule has 118 valence electrons. The number of piperazine rings is 1. The summed E-state index contributed by atoms with van der Waals surface area (Å²) >= 11 is 3.40. The monoisotopic (exact) mass is 336 g/mol. The molecule has 2 aromatic rings. The number of thiophene rings is 1. The minimum absolute atomic E-state index is 0.000890. The van der Waals surface area contributed by atoms with Crippen molar-refractivity contribution in [3.8, 4) is 10.6 Å². The van der Waals surface area contributed by atoms with E-state index in [1.165, 1.54) is 6.92 Å². The van der Waals surface area contributed by atoms with Gasteiger partial charge in [-0.3, -0.25) is 4.79 Å². The van der Waals surface area contributed by atoms with Crippen molar-refractivity contribution in [3.63, 3.8) is 0 Å². The van der Waals surface area contributed by atoms with Gasteiger partial charge in [0.2, 0.25) is 5.91 Å². The Balaban J connectivity index is 1.67. The molecule has 0 unspecified atom stereocenters. The normalized spacial score (nSPS) is 16.0. The minimum atomic E-state index is 0.000890. The fraction of sp³-hybridized carbons (Fsp3) is 0.467. The van der Waals surface area contributed by atoms with E-state index in [0.29, 0.717) is 6.54 Å². The van der Waals surface area contributed by atoms with Gasteiger partial charge >= 0.3 is 0 Å². The van der Waals surface area contributed by atoms with Crippen LogP contribution in [0.1, 0.15) is 11.8 Å². The Bertz CT molecular complexity index is 644. The first-order valence-corrected chi connectivity index (χ1v) is 9.04. The zero-order chi connectivity index (χ0) is 15.5. The number of rotatable bonds is 4. The van der Waals surface area contributed by atoms with E-state index in [1.807, 2.05) is 0 Å². The summed E-state index contributed by atoms with van der Waals surface area (Å²) in [5.41, 5.74) is 1.04. The van der Waals surface area contributed by atoms with Gasteiger partial charge in [-0.25, -0.2) is 4.98 Å². The number of carbonyl (C=O) groups is 1. The molecule has 1 aliphatic heterocycles. The number of amides is 1. The van der Waals surface area contributed by atoms with Crippen LogP contribution in [0.5, 0.6) is 0 Å². The summed E-state index contributed by atoms with van der Waals surface area (Å²) in [6, 6.07) is 4.15. The Morgan fingerprint density at radius 3 is 2.82 bits per heavy atom. The minimum Gasteiger partial charge on any atom is -0.351 e. The SMILES string of the molecule is CC(=O)NCc1ccc(-c2csc(N3CCN(C)CC3)n2)s1. The lowest BCUT2D eigenvalue weighted by Gasteiger charge is -2.32. The van der Waals surface area contributed by atoms with Gasteiger partial charge in [-0.15, -0.1) is 22.7 Å². The van der Waals surface area contributed by atoms with Gasteiger partial charge < -0.3 is 15.1 Å². The summed E-state index contributed by atoms with van der Waals surface area (Å²) in [6.07, 6.45) is 0. The summed E-state index contributed by atoms with van der Waals surface area (Å²) < 4.78 is 0. The Hall–Kier alpha value is -1.44. The van der Waals surface area contributed by atoms with Crippen molar-refractivity contribution >= 4 is 33.7 Å². The maximum Gasteiger partial charge on any atom is 0.217 e. The first-order chi connectivity index (χ1) is 10.6. The Morgan fingerprint density at radius 1 is 1.32 bits per heavy atom. The van der Waals surface area contributed by atoms with E-state index < -0.39 is 0 Å². The van der Waals surface area contributed by atoms with Gasteiger partial charge in [-0.1, -0.05) is 0 Å². The van der Waals surface area contributed by atoms with Crippen LogP contribution in [0.25, 0.3) is 10.6 Å². The van der Waals surface area contributed by atoms with Crippen molar-refractivity contribution in [2.75, 3.05) is 38.1 Å². The number of nitrogens with one attached hydrogen (secondary N) is 1. The molecule has 3 rings (SSSR count). The maximum atomic E-state index is 11.0. The second-order valence-electron chi connectivity index (χ2n) is 5.48. The average Bonchev–Trinajstić information content (AvgIpc) is 3.15.